The number of fused-ring (bicyclic) bond motifs is 1. The molecule has 1 atom stereocenters. The van der Waals surface area contributed by atoms with Crippen molar-refractivity contribution < 1.29 is 24.2 Å². The van der Waals surface area contributed by atoms with Gasteiger partial charge in [0.05, 0.1) is 31.4 Å². The Kier molecular flexibility index (Phi) is 5.19. The number of nitrogens with zero attached hydrogens (tertiary/aromatic N) is 3. The summed E-state index contributed by atoms with van der Waals surface area (Å²) in [6.07, 6.45) is 0.944. The number of ether oxygens (including phenoxy) is 2. The molecule has 2 N–H and O–H groups in total. The van der Waals surface area contributed by atoms with E-state index in [4.69, 9.17) is 14.6 Å². The highest BCUT2D eigenvalue weighted by atomic mass is 16.6. The highest BCUT2D eigenvalue weighted by Crippen LogP contribution is 2.23. The zero-order valence-electron chi connectivity index (χ0n) is 15.8. The van der Waals surface area contributed by atoms with Gasteiger partial charge < -0.3 is 24.8 Å². The molecule has 9 heteroatoms. The van der Waals surface area contributed by atoms with E-state index in [2.05, 4.69) is 10.4 Å². The predicted molar refractivity (Wildman–Crippen MR) is 100 cm³/mol. The molecule has 9 nitrogen and oxygen atoms in total. The summed E-state index contributed by atoms with van der Waals surface area (Å²) in [5.41, 5.74) is 2.32. The van der Waals surface area contributed by atoms with Crippen LogP contribution in [0.5, 0.6) is 0 Å². The quantitative estimate of drug-likeness (QED) is 0.795. The van der Waals surface area contributed by atoms with Gasteiger partial charge in [-0.05, 0) is 24.6 Å². The molecule has 0 saturated carbocycles. The standard InChI is InChI=1S/C19H24N4O5/c1-12-15(18(24)20-6-14-11-27-4-5-28-14)2-3-17-16(12)10-23(21-17)9-13-7-22(8-13)19(25)26/h2-3,10,13-14H,4-9,11H2,1H3,(H,20,24)(H,25,26). The van der Waals surface area contributed by atoms with Gasteiger partial charge in [-0.15, -0.1) is 0 Å². The Bertz CT molecular complexity index is 884. The molecule has 1 aromatic heterocycles. The Labute approximate surface area is 162 Å². The minimum atomic E-state index is -0.876. The number of carbonyl (C=O) groups excluding carboxylic acids is 1. The van der Waals surface area contributed by atoms with E-state index >= 15 is 0 Å². The fraction of sp³-hybridized carbons (Fsp3) is 0.526. The highest BCUT2D eigenvalue weighted by Gasteiger charge is 2.30. The molecule has 1 unspecified atom stereocenters. The van der Waals surface area contributed by atoms with E-state index in [-0.39, 0.29) is 17.9 Å². The number of amides is 2. The third-order valence-electron chi connectivity index (χ3n) is 5.30. The van der Waals surface area contributed by atoms with E-state index in [9.17, 15) is 9.59 Å². The van der Waals surface area contributed by atoms with Gasteiger partial charge in [0.25, 0.3) is 5.91 Å². The number of nitrogens with one attached hydrogen (secondary N) is 1. The summed E-state index contributed by atoms with van der Waals surface area (Å²) in [4.78, 5) is 24.9. The Morgan fingerprint density at radius 1 is 1.32 bits per heavy atom. The van der Waals surface area contributed by atoms with Crippen molar-refractivity contribution >= 4 is 22.9 Å². The molecule has 0 radical (unpaired) electrons. The van der Waals surface area contributed by atoms with Gasteiger partial charge >= 0.3 is 6.09 Å². The molecule has 1 aromatic carbocycles. The van der Waals surface area contributed by atoms with Crippen molar-refractivity contribution in [3.8, 4) is 0 Å². The zero-order valence-corrected chi connectivity index (χ0v) is 15.8. The van der Waals surface area contributed by atoms with E-state index < -0.39 is 6.09 Å². The van der Waals surface area contributed by atoms with Crippen LogP contribution in [0.2, 0.25) is 0 Å². The molecule has 2 saturated heterocycles. The van der Waals surface area contributed by atoms with Crippen LogP contribution >= 0.6 is 0 Å². The summed E-state index contributed by atoms with van der Waals surface area (Å²) in [7, 11) is 0. The molecule has 0 bridgehead atoms. The largest absolute Gasteiger partial charge is 0.465 e. The zero-order chi connectivity index (χ0) is 19.7. The molecule has 2 aliphatic rings. The fourth-order valence-corrected chi connectivity index (χ4v) is 3.68. The van der Waals surface area contributed by atoms with Crippen LogP contribution in [0.1, 0.15) is 15.9 Å². The van der Waals surface area contributed by atoms with Crippen molar-refractivity contribution in [2.45, 2.75) is 19.6 Å². The van der Waals surface area contributed by atoms with Gasteiger partial charge in [0.2, 0.25) is 0 Å². The van der Waals surface area contributed by atoms with Crippen LogP contribution in [-0.2, 0) is 16.0 Å². The molecule has 150 valence electrons. The molecular formula is C19H24N4O5. The number of rotatable bonds is 5. The van der Waals surface area contributed by atoms with Gasteiger partial charge in [-0.25, -0.2) is 4.79 Å². The fourth-order valence-electron chi connectivity index (χ4n) is 3.68. The number of aromatic nitrogens is 2. The van der Waals surface area contributed by atoms with Crippen LogP contribution in [0.3, 0.4) is 0 Å². The molecular weight excluding hydrogens is 364 g/mol. The van der Waals surface area contributed by atoms with E-state index in [0.29, 0.717) is 51.6 Å². The maximum atomic E-state index is 12.6. The monoisotopic (exact) mass is 388 g/mol. The van der Waals surface area contributed by atoms with Gasteiger partial charge in [-0.1, -0.05) is 0 Å². The highest BCUT2D eigenvalue weighted by molar-refractivity contribution is 6.00. The summed E-state index contributed by atoms with van der Waals surface area (Å²) in [6, 6.07) is 3.64. The smallest absolute Gasteiger partial charge is 0.407 e. The number of carboxylic acid groups (broad SMARTS) is 1. The normalized spacial score (nSPS) is 20.2. The molecule has 2 fully saturated rings. The maximum absolute atomic E-state index is 12.6. The molecule has 2 aliphatic heterocycles. The van der Waals surface area contributed by atoms with E-state index in [1.165, 1.54) is 4.90 Å². The van der Waals surface area contributed by atoms with Crippen LogP contribution in [0.15, 0.2) is 18.3 Å². The lowest BCUT2D eigenvalue weighted by molar-refractivity contribution is -0.0855. The summed E-state index contributed by atoms with van der Waals surface area (Å²) in [5, 5.41) is 17.3. The van der Waals surface area contributed by atoms with Crippen molar-refractivity contribution in [3.63, 3.8) is 0 Å². The first-order valence-electron chi connectivity index (χ1n) is 9.43. The number of carbonyl (C=O) groups is 2. The van der Waals surface area contributed by atoms with E-state index in [0.717, 1.165) is 16.5 Å². The van der Waals surface area contributed by atoms with Crippen LogP contribution in [0, 0.1) is 12.8 Å². The summed E-state index contributed by atoms with van der Waals surface area (Å²) in [5.74, 6) is 0.128. The first kappa shape index (κ1) is 18.7. The van der Waals surface area contributed by atoms with E-state index in [1.54, 1.807) is 6.07 Å². The average Bonchev–Trinajstić information content (AvgIpc) is 3.07. The lowest BCUT2D eigenvalue weighted by atomic mass is 10.0. The first-order valence-corrected chi connectivity index (χ1v) is 9.43. The molecule has 0 spiro atoms. The van der Waals surface area contributed by atoms with Crippen LogP contribution in [0.4, 0.5) is 4.79 Å². The number of likely N-dealkylation sites (tertiary alicyclic amines) is 1. The average molecular weight is 388 g/mol. The molecule has 3 heterocycles. The first-order chi connectivity index (χ1) is 13.5. The van der Waals surface area contributed by atoms with Gasteiger partial charge in [-0.3, -0.25) is 9.48 Å². The predicted octanol–water partition coefficient (Wildman–Crippen LogP) is 1.10. The second kappa shape index (κ2) is 7.76. The van der Waals surface area contributed by atoms with Crippen LogP contribution in [0.25, 0.3) is 10.9 Å². The van der Waals surface area contributed by atoms with Crippen molar-refractivity contribution in [2.75, 3.05) is 39.5 Å². The van der Waals surface area contributed by atoms with Gasteiger partial charge in [0.15, 0.2) is 0 Å². The summed E-state index contributed by atoms with van der Waals surface area (Å²) in [6.45, 7) is 5.70. The maximum Gasteiger partial charge on any atom is 0.407 e. The van der Waals surface area contributed by atoms with Crippen molar-refractivity contribution in [3.05, 3.63) is 29.5 Å². The molecule has 4 rings (SSSR count). The van der Waals surface area contributed by atoms with Crippen LogP contribution in [-0.4, -0.2) is 77.3 Å². The van der Waals surface area contributed by atoms with Gasteiger partial charge in [0, 0.05) is 49.2 Å². The molecule has 28 heavy (non-hydrogen) atoms. The third kappa shape index (κ3) is 3.81. The molecule has 2 aromatic rings. The Hall–Kier alpha value is -2.65. The van der Waals surface area contributed by atoms with Crippen molar-refractivity contribution in [2.24, 2.45) is 5.92 Å². The Morgan fingerprint density at radius 3 is 2.86 bits per heavy atom. The molecule has 0 aliphatic carbocycles. The van der Waals surface area contributed by atoms with Crippen LogP contribution < -0.4 is 5.32 Å². The van der Waals surface area contributed by atoms with Crippen molar-refractivity contribution in [1.29, 1.82) is 0 Å². The lowest BCUT2D eigenvalue weighted by Crippen LogP contribution is -2.50. The Balaban J connectivity index is 1.41. The van der Waals surface area contributed by atoms with Gasteiger partial charge in [0.1, 0.15) is 0 Å². The summed E-state index contributed by atoms with van der Waals surface area (Å²) < 4.78 is 12.7. The lowest BCUT2D eigenvalue weighted by Gasteiger charge is -2.36. The third-order valence-corrected chi connectivity index (χ3v) is 5.30. The minimum Gasteiger partial charge on any atom is -0.465 e. The second-order valence-electron chi connectivity index (χ2n) is 7.35. The SMILES string of the molecule is Cc1c(C(=O)NCC2COCCO2)ccc2nn(CC3CN(C(=O)O)C3)cc12. The number of benzene rings is 1. The number of hydrogen-bond donors (Lipinski definition) is 2. The van der Waals surface area contributed by atoms with E-state index in [1.807, 2.05) is 23.9 Å². The Morgan fingerprint density at radius 2 is 2.14 bits per heavy atom. The minimum absolute atomic E-state index is 0.114. The van der Waals surface area contributed by atoms with Gasteiger partial charge in [-0.2, -0.15) is 5.10 Å². The second-order valence-corrected chi connectivity index (χ2v) is 7.35. The summed E-state index contributed by atoms with van der Waals surface area (Å²) >= 11 is 0. The number of aryl methyl sites for hydroxylation is 1. The topological polar surface area (TPSA) is 106 Å². The van der Waals surface area contributed by atoms with Crippen molar-refractivity contribution in [1.82, 2.24) is 20.0 Å². The molecule has 2 amide bonds. The number of hydrogen-bond acceptors (Lipinski definition) is 5.